The summed E-state index contributed by atoms with van der Waals surface area (Å²) < 4.78 is 24.6. The molecule has 0 aromatic rings. The second kappa shape index (κ2) is 4.94. The Balaban J connectivity index is 2.54. The maximum atomic E-state index is 11.6. The van der Waals surface area contributed by atoms with Gasteiger partial charge >= 0.3 is 0 Å². The highest BCUT2D eigenvalue weighted by Crippen LogP contribution is 2.19. The summed E-state index contributed by atoms with van der Waals surface area (Å²) in [5.41, 5.74) is 0. The van der Waals surface area contributed by atoms with Crippen LogP contribution in [0.25, 0.3) is 0 Å². The zero-order valence-electron chi connectivity index (χ0n) is 8.81. The largest absolute Gasteiger partial charge is 0.550 e. The van der Waals surface area contributed by atoms with Gasteiger partial charge in [0.15, 0.2) is 0 Å². The van der Waals surface area contributed by atoms with Crippen molar-refractivity contribution in [3.05, 3.63) is 0 Å². The van der Waals surface area contributed by atoms with Crippen molar-refractivity contribution in [1.82, 2.24) is 4.31 Å². The Bertz CT molecular complexity index is 317. The molecule has 0 aliphatic carbocycles. The maximum absolute atomic E-state index is 11.6. The second-order valence-corrected chi connectivity index (χ2v) is 5.90. The molecule has 1 heterocycles. The van der Waals surface area contributed by atoms with Gasteiger partial charge in [0.2, 0.25) is 10.0 Å². The topological polar surface area (TPSA) is 77.5 Å². The van der Waals surface area contributed by atoms with Crippen molar-refractivity contribution in [2.24, 2.45) is 5.92 Å². The number of nitrogens with zero attached hydrogens (tertiary/aromatic N) is 1. The molecule has 6 heteroatoms. The molecule has 0 aromatic heterocycles. The van der Waals surface area contributed by atoms with Crippen LogP contribution >= 0.6 is 0 Å². The number of sulfonamides is 1. The van der Waals surface area contributed by atoms with Gasteiger partial charge in [-0.1, -0.05) is 6.92 Å². The summed E-state index contributed by atoms with van der Waals surface area (Å²) in [5, 5.41) is 10.6. The van der Waals surface area contributed by atoms with E-state index in [1.165, 1.54) is 4.31 Å². The van der Waals surface area contributed by atoms with Gasteiger partial charge < -0.3 is 9.90 Å². The fourth-order valence-electron chi connectivity index (χ4n) is 1.76. The number of hydrogen-bond acceptors (Lipinski definition) is 4. The highest BCUT2D eigenvalue weighted by molar-refractivity contribution is 7.89. The van der Waals surface area contributed by atoms with Crippen molar-refractivity contribution in [2.45, 2.75) is 26.2 Å². The zero-order valence-corrected chi connectivity index (χ0v) is 9.62. The number of carboxylic acids is 1. The lowest BCUT2D eigenvalue weighted by molar-refractivity contribution is -0.312. The quantitative estimate of drug-likeness (QED) is 0.637. The predicted octanol–water partition coefficient (Wildman–Crippen LogP) is -0.812. The third-order valence-electron chi connectivity index (χ3n) is 2.64. The molecule has 0 N–H and O–H groups in total. The van der Waals surface area contributed by atoms with Gasteiger partial charge in [-0.3, -0.25) is 0 Å². The van der Waals surface area contributed by atoms with Crippen LogP contribution in [0, 0.1) is 5.92 Å². The zero-order chi connectivity index (χ0) is 11.5. The molecule has 0 bridgehead atoms. The third kappa shape index (κ3) is 3.17. The van der Waals surface area contributed by atoms with Gasteiger partial charge in [0.1, 0.15) is 0 Å². The van der Waals surface area contributed by atoms with E-state index in [9.17, 15) is 18.3 Å². The van der Waals surface area contributed by atoms with E-state index >= 15 is 0 Å². The molecule has 1 aliphatic rings. The highest BCUT2D eigenvalue weighted by atomic mass is 32.2. The summed E-state index contributed by atoms with van der Waals surface area (Å²) in [5.74, 6) is -1.41. The van der Waals surface area contributed by atoms with Crippen LogP contribution in [-0.2, 0) is 14.8 Å². The van der Waals surface area contributed by atoms with Crippen molar-refractivity contribution in [1.29, 1.82) is 0 Å². The van der Waals surface area contributed by atoms with E-state index in [0.717, 1.165) is 0 Å². The van der Waals surface area contributed by atoms with Gasteiger partial charge in [-0.2, -0.15) is 0 Å². The molecule has 0 spiro atoms. The minimum atomic E-state index is -3.16. The van der Waals surface area contributed by atoms with Crippen molar-refractivity contribution < 1.29 is 18.3 Å². The number of piperidine rings is 1. The smallest absolute Gasteiger partial charge is 0.214 e. The van der Waals surface area contributed by atoms with E-state index in [-0.39, 0.29) is 5.75 Å². The third-order valence-corrected chi connectivity index (χ3v) is 4.72. The Morgan fingerprint density at radius 1 is 1.40 bits per heavy atom. The summed E-state index contributed by atoms with van der Waals surface area (Å²) >= 11 is 0. The predicted molar refractivity (Wildman–Crippen MR) is 53.4 cm³/mol. The second-order valence-electron chi connectivity index (χ2n) is 3.81. The summed E-state index contributed by atoms with van der Waals surface area (Å²) in [6.45, 7) is 2.42. The monoisotopic (exact) mass is 234 g/mol. The van der Waals surface area contributed by atoms with Crippen molar-refractivity contribution in [2.75, 3.05) is 18.8 Å². The molecule has 0 radical (unpaired) electrons. The number of hydrogen-bond donors (Lipinski definition) is 0. The van der Waals surface area contributed by atoms with Crippen molar-refractivity contribution in [3.8, 4) is 0 Å². The summed E-state index contributed by atoms with van der Waals surface area (Å²) in [6, 6.07) is 0. The Morgan fingerprint density at radius 3 is 2.33 bits per heavy atom. The van der Waals surface area contributed by atoms with Crippen molar-refractivity contribution >= 4 is 16.0 Å². The molecule has 0 atom stereocenters. The van der Waals surface area contributed by atoms with Crippen LogP contribution in [0.2, 0.25) is 0 Å². The van der Waals surface area contributed by atoms with E-state index in [1.54, 1.807) is 0 Å². The number of aliphatic carboxylic acids is 1. The van der Waals surface area contributed by atoms with Gasteiger partial charge in [0.05, 0.1) is 5.75 Å². The normalized spacial score (nSPS) is 20.3. The van der Waals surface area contributed by atoms with Gasteiger partial charge in [-0.05, 0) is 19.3 Å². The van der Waals surface area contributed by atoms with Gasteiger partial charge in [-0.25, -0.2) is 12.7 Å². The molecule has 15 heavy (non-hydrogen) atoms. The average Bonchev–Trinajstić information content (AvgIpc) is 2.18. The molecule has 0 aromatic carbocycles. The number of carbonyl (C=O) groups excluding carboxylic acids is 1. The number of carbonyl (C=O) groups is 1. The Hall–Kier alpha value is -0.620. The molecule has 88 valence electrons. The van der Waals surface area contributed by atoms with E-state index < -0.39 is 21.9 Å². The molecule has 0 unspecified atom stereocenters. The molecule has 1 fully saturated rings. The molecule has 1 aliphatic heterocycles. The minimum Gasteiger partial charge on any atom is -0.550 e. The first-order valence-electron chi connectivity index (χ1n) is 5.16. The number of carboxylic acid groups (broad SMARTS) is 1. The van der Waals surface area contributed by atoms with Gasteiger partial charge in [0.25, 0.3) is 0 Å². The Morgan fingerprint density at radius 2 is 1.93 bits per heavy atom. The van der Waals surface area contributed by atoms with Crippen LogP contribution in [0.5, 0.6) is 0 Å². The number of rotatable bonds is 4. The Kier molecular flexibility index (Phi) is 4.10. The van der Waals surface area contributed by atoms with E-state index in [0.29, 0.717) is 32.4 Å². The van der Waals surface area contributed by atoms with Crippen LogP contribution < -0.4 is 5.11 Å². The van der Waals surface area contributed by atoms with Crippen LogP contribution in [-0.4, -0.2) is 37.5 Å². The molecule has 5 nitrogen and oxygen atoms in total. The lowest BCUT2D eigenvalue weighted by Gasteiger charge is -2.31. The molecule has 0 saturated carbocycles. The SMILES string of the molecule is CCCS(=O)(=O)N1CCC(C(=O)[O-])CC1. The highest BCUT2D eigenvalue weighted by Gasteiger charge is 2.27. The van der Waals surface area contributed by atoms with E-state index in [4.69, 9.17) is 0 Å². The summed E-state index contributed by atoms with van der Waals surface area (Å²) in [6.07, 6.45) is 1.32. The van der Waals surface area contributed by atoms with Crippen molar-refractivity contribution in [3.63, 3.8) is 0 Å². The van der Waals surface area contributed by atoms with Crippen LogP contribution in [0.4, 0.5) is 0 Å². The van der Waals surface area contributed by atoms with E-state index in [2.05, 4.69) is 0 Å². The van der Waals surface area contributed by atoms with E-state index in [1.807, 2.05) is 6.92 Å². The lowest BCUT2D eigenvalue weighted by atomic mass is 9.99. The van der Waals surface area contributed by atoms with Crippen LogP contribution in [0.1, 0.15) is 26.2 Å². The molecule has 1 saturated heterocycles. The van der Waals surface area contributed by atoms with Gasteiger partial charge in [0, 0.05) is 25.0 Å². The fourth-order valence-corrected chi connectivity index (χ4v) is 3.30. The average molecular weight is 234 g/mol. The maximum Gasteiger partial charge on any atom is 0.214 e. The standard InChI is InChI=1S/C9H17NO4S/c1-2-7-15(13,14)10-5-3-8(4-6-10)9(11)12/h8H,2-7H2,1H3,(H,11,12)/p-1. The fraction of sp³-hybridized carbons (Fsp3) is 0.889. The first-order chi connectivity index (χ1) is 6.97. The lowest BCUT2D eigenvalue weighted by Crippen LogP contribution is -2.44. The minimum absolute atomic E-state index is 0.142. The molecule has 1 rings (SSSR count). The van der Waals surface area contributed by atoms with Gasteiger partial charge in [-0.15, -0.1) is 0 Å². The first kappa shape index (κ1) is 12.4. The Labute approximate surface area is 90.1 Å². The molecular formula is C9H16NO4S-. The summed E-state index contributed by atoms with van der Waals surface area (Å²) in [4.78, 5) is 10.6. The molecular weight excluding hydrogens is 218 g/mol. The molecule has 0 amide bonds. The first-order valence-corrected chi connectivity index (χ1v) is 6.77. The summed E-state index contributed by atoms with van der Waals surface area (Å²) in [7, 11) is -3.16. The van der Waals surface area contributed by atoms with Crippen LogP contribution in [0.15, 0.2) is 0 Å². The van der Waals surface area contributed by atoms with Crippen LogP contribution in [0.3, 0.4) is 0 Å².